The van der Waals surface area contributed by atoms with Gasteiger partial charge in [0.1, 0.15) is 5.75 Å². The molecular weight excluding hydrogens is 290 g/mol. The molecule has 1 aromatic rings. The van der Waals surface area contributed by atoms with Crippen LogP contribution in [0.2, 0.25) is 0 Å². The summed E-state index contributed by atoms with van der Waals surface area (Å²) < 4.78 is 5.41. The van der Waals surface area contributed by atoms with Gasteiger partial charge >= 0.3 is 6.03 Å². The molecule has 1 aliphatic carbocycles. The van der Waals surface area contributed by atoms with Crippen molar-refractivity contribution >= 4 is 6.03 Å². The fraction of sp³-hybridized carbons (Fsp3) is 0.611. The van der Waals surface area contributed by atoms with Gasteiger partial charge in [-0.2, -0.15) is 0 Å². The maximum atomic E-state index is 12.6. The van der Waals surface area contributed by atoms with Gasteiger partial charge < -0.3 is 19.9 Å². The van der Waals surface area contributed by atoms with Gasteiger partial charge in [-0.3, -0.25) is 0 Å². The molecule has 1 aliphatic heterocycles. The zero-order valence-corrected chi connectivity index (χ0v) is 14.0. The first-order valence-corrected chi connectivity index (χ1v) is 8.66. The summed E-state index contributed by atoms with van der Waals surface area (Å²) in [4.78, 5) is 16.9. The highest BCUT2D eigenvalue weighted by molar-refractivity contribution is 5.75. The Bertz CT molecular complexity index is 525. The zero-order valence-electron chi connectivity index (χ0n) is 14.0. The number of nitrogens with one attached hydrogen (secondary N) is 1. The lowest BCUT2D eigenvalue weighted by Gasteiger charge is -2.24. The van der Waals surface area contributed by atoms with Crippen LogP contribution in [0.3, 0.4) is 0 Å². The minimum Gasteiger partial charge on any atom is -0.496 e. The van der Waals surface area contributed by atoms with Gasteiger partial charge in [-0.05, 0) is 44.8 Å². The minimum absolute atomic E-state index is 0.0533. The molecule has 1 N–H and O–H groups in total. The van der Waals surface area contributed by atoms with Crippen LogP contribution < -0.4 is 10.1 Å². The van der Waals surface area contributed by atoms with Crippen molar-refractivity contribution in [3.05, 3.63) is 29.8 Å². The van der Waals surface area contributed by atoms with Crippen molar-refractivity contribution in [1.82, 2.24) is 15.1 Å². The standard InChI is InChI=1S/C18H27N3O2/c1-23-17-7-3-2-6-15(17)14-21(16-8-9-16)18(22)19-10-13-20-11-4-5-12-20/h2-3,6-7,16H,4-5,8-14H2,1H3,(H,19,22). The van der Waals surface area contributed by atoms with Crippen LogP contribution >= 0.6 is 0 Å². The van der Waals surface area contributed by atoms with Crippen molar-refractivity contribution in [2.45, 2.75) is 38.3 Å². The smallest absolute Gasteiger partial charge is 0.317 e. The van der Waals surface area contributed by atoms with E-state index in [0.29, 0.717) is 12.6 Å². The number of hydrogen-bond acceptors (Lipinski definition) is 3. The predicted octanol–water partition coefficient (Wildman–Crippen LogP) is 2.47. The largest absolute Gasteiger partial charge is 0.496 e. The van der Waals surface area contributed by atoms with E-state index < -0.39 is 0 Å². The first-order chi connectivity index (χ1) is 11.3. The number of para-hydroxylation sites is 1. The average Bonchev–Trinajstić information content (AvgIpc) is 3.28. The van der Waals surface area contributed by atoms with E-state index >= 15 is 0 Å². The monoisotopic (exact) mass is 317 g/mol. The van der Waals surface area contributed by atoms with Crippen molar-refractivity contribution in [2.24, 2.45) is 0 Å². The molecule has 23 heavy (non-hydrogen) atoms. The average molecular weight is 317 g/mol. The maximum absolute atomic E-state index is 12.6. The van der Waals surface area contributed by atoms with E-state index in [1.54, 1.807) is 7.11 Å². The van der Waals surface area contributed by atoms with E-state index in [0.717, 1.165) is 37.2 Å². The van der Waals surface area contributed by atoms with Gasteiger partial charge in [-0.1, -0.05) is 18.2 Å². The van der Waals surface area contributed by atoms with Crippen LogP contribution in [0.1, 0.15) is 31.2 Å². The number of urea groups is 1. The number of likely N-dealkylation sites (tertiary alicyclic amines) is 1. The van der Waals surface area contributed by atoms with Gasteiger partial charge in [-0.25, -0.2) is 4.79 Å². The number of benzene rings is 1. The van der Waals surface area contributed by atoms with E-state index in [9.17, 15) is 4.79 Å². The molecule has 5 nitrogen and oxygen atoms in total. The molecule has 0 radical (unpaired) electrons. The molecule has 2 aliphatic rings. The molecule has 2 amide bonds. The van der Waals surface area contributed by atoms with E-state index in [2.05, 4.69) is 10.2 Å². The number of carbonyl (C=O) groups is 1. The van der Waals surface area contributed by atoms with Gasteiger partial charge in [0.25, 0.3) is 0 Å². The highest BCUT2D eigenvalue weighted by Gasteiger charge is 2.33. The molecule has 0 aromatic heterocycles. The van der Waals surface area contributed by atoms with Gasteiger partial charge in [-0.15, -0.1) is 0 Å². The highest BCUT2D eigenvalue weighted by atomic mass is 16.5. The normalized spacial score (nSPS) is 18.0. The number of nitrogens with zero attached hydrogens (tertiary/aromatic N) is 2. The van der Waals surface area contributed by atoms with Crippen LogP contribution in [-0.4, -0.2) is 55.2 Å². The van der Waals surface area contributed by atoms with Crippen LogP contribution in [0.25, 0.3) is 0 Å². The fourth-order valence-electron chi connectivity index (χ4n) is 3.20. The second kappa shape index (κ2) is 7.68. The van der Waals surface area contributed by atoms with E-state index in [1.807, 2.05) is 29.2 Å². The van der Waals surface area contributed by atoms with Gasteiger partial charge in [0.2, 0.25) is 0 Å². The van der Waals surface area contributed by atoms with Crippen LogP contribution in [0.15, 0.2) is 24.3 Å². The Morgan fingerprint density at radius 1 is 1.30 bits per heavy atom. The Morgan fingerprint density at radius 3 is 2.74 bits per heavy atom. The van der Waals surface area contributed by atoms with Crippen molar-refractivity contribution in [3.8, 4) is 5.75 Å². The molecule has 2 fully saturated rings. The Hall–Kier alpha value is -1.75. The molecule has 1 saturated heterocycles. The first kappa shape index (κ1) is 16.1. The minimum atomic E-state index is 0.0533. The lowest BCUT2D eigenvalue weighted by atomic mass is 10.2. The number of hydrogen-bond donors (Lipinski definition) is 1. The molecule has 126 valence electrons. The number of rotatable bonds is 7. The van der Waals surface area contributed by atoms with Crippen LogP contribution in [0.5, 0.6) is 5.75 Å². The summed E-state index contributed by atoms with van der Waals surface area (Å²) in [6.07, 6.45) is 4.79. The van der Waals surface area contributed by atoms with Gasteiger partial charge in [0.05, 0.1) is 13.7 Å². The van der Waals surface area contributed by atoms with Crippen molar-refractivity contribution < 1.29 is 9.53 Å². The molecule has 0 unspecified atom stereocenters. The summed E-state index contributed by atoms with van der Waals surface area (Å²) in [5.74, 6) is 0.850. The number of ether oxygens (including phenoxy) is 1. The SMILES string of the molecule is COc1ccccc1CN(C(=O)NCCN1CCCC1)C1CC1. The summed E-state index contributed by atoms with van der Waals surface area (Å²) in [6.45, 7) is 4.64. The zero-order chi connectivity index (χ0) is 16.1. The van der Waals surface area contributed by atoms with E-state index in [-0.39, 0.29) is 6.03 Å². The maximum Gasteiger partial charge on any atom is 0.317 e. The lowest BCUT2D eigenvalue weighted by Crippen LogP contribution is -2.43. The summed E-state index contributed by atoms with van der Waals surface area (Å²) in [5.41, 5.74) is 1.07. The molecular formula is C18H27N3O2. The molecule has 1 aromatic carbocycles. The Kier molecular flexibility index (Phi) is 5.39. The number of methoxy groups -OCH3 is 1. The van der Waals surface area contributed by atoms with Crippen LogP contribution in [-0.2, 0) is 6.54 Å². The first-order valence-electron chi connectivity index (χ1n) is 8.66. The van der Waals surface area contributed by atoms with Crippen LogP contribution in [0, 0.1) is 0 Å². The molecule has 0 atom stereocenters. The Labute approximate surface area is 138 Å². The quantitative estimate of drug-likeness (QED) is 0.840. The number of carbonyl (C=O) groups excluding carboxylic acids is 1. The summed E-state index contributed by atoms with van der Waals surface area (Å²) >= 11 is 0. The second-order valence-corrected chi connectivity index (χ2v) is 6.45. The Balaban J connectivity index is 1.54. The van der Waals surface area contributed by atoms with Gasteiger partial charge in [0.15, 0.2) is 0 Å². The highest BCUT2D eigenvalue weighted by Crippen LogP contribution is 2.30. The summed E-state index contributed by atoms with van der Waals surface area (Å²) in [6, 6.07) is 8.37. The molecule has 5 heteroatoms. The van der Waals surface area contributed by atoms with Gasteiger partial charge in [0, 0.05) is 24.7 Å². The van der Waals surface area contributed by atoms with Crippen molar-refractivity contribution in [3.63, 3.8) is 0 Å². The molecule has 1 heterocycles. The third kappa shape index (κ3) is 4.38. The van der Waals surface area contributed by atoms with Crippen molar-refractivity contribution in [2.75, 3.05) is 33.3 Å². The molecule has 3 rings (SSSR count). The van der Waals surface area contributed by atoms with Crippen LogP contribution in [0.4, 0.5) is 4.79 Å². The Morgan fingerprint density at radius 2 is 2.04 bits per heavy atom. The third-order valence-electron chi connectivity index (χ3n) is 4.68. The van der Waals surface area contributed by atoms with Crippen molar-refractivity contribution in [1.29, 1.82) is 0 Å². The third-order valence-corrected chi connectivity index (χ3v) is 4.68. The topological polar surface area (TPSA) is 44.8 Å². The summed E-state index contributed by atoms with van der Waals surface area (Å²) in [7, 11) is 1.68. The summed E-state index contributed by atoms with van der Waals surface area (Å²) in [5, 5.41) is 3.09. The second-order valence-electron chi connectivity index (χ2n) is 6.45. The molecule has 0 bridgehead atoms. The predicted molar refractivity (Wildman–Crippen MR) is 90.6 cm³/mol. The molecule has 0 spiro atoms. The lowest BCUT2D eigenvalue weighted by molar-refractivity contribution is 0.189. The van der Waals surface area contributed by atoms with E-state index in [1.165, 1.54) is 25.9 Å². The van der Waals surface area contributed by atoms with E-state index in [4.69, 9.17) is 4.74 Å². The molecule has 1 saturated carbocycles. The fourth-order valence-corrected chi connectivity index (χ4v) is 3.20. The number of amides is 2.